The molecular weight excluding hydrogens is 565 g/mol. The largest absolute Gasteiger partial charge is 0.426 e. The van der Waals surface area contributed by atoms with Crippen molar-refractivity contribution in [1.82, 2.24) is 24.5 Å². The Bertz CT molecular complexity index is 1610. The van der Waals surface area contributed by atoms with Crippen LogP contribution in [0.15, 0.2) is 18.3 Å². The molecule has 3 N–H and O–H groups in total. The van der Waals surface area contributed by atoms with Crippen LogP contribution in [0, 0.1) is 22.7 Å². The van der Waals surface area contributed by atoms with Crippen molar-refractivity contribution in [2.45, 2.75) is 50.6 Å². The first kappa shape index (κ1) is 28.2. The van der Waals surface area contributed by atoms with Gasteiger partial charge in [0.2, 0.25) is 17.5 Å². The summed E-state index contributed by atoms with van der Waals surface area (Å²) in [6, 6.07) is 6.87. The Morgan fingerprint density at radius 2 is 1.93 bits per heavy atom. The molecule has 1 saturated carbocycles. The van der Waals surface area contributed by atoms with Crippen LogP contribution in [0.3, 0.4) is 0 Å². The van der Waals surface area contributed by atoms with E-state index in [4.69, 9.17) is 11.6 Å². The number of aromatic nitrogens is 4. The van der Waals surface area contributed by atoms with Gasteiger partial charge in [0, 0.05) is 31.7 Å². The van der Waals surface area contributed by atoms with Gasteiger partial charge < -0.3 is 25.5 Å². The molecule has 16 heteroatoms. The molecule has 2 aromatic heterocycles. The Morgan fingerprint density at radius 3 is 2.54 bits per heavy atom. The zero-order valence-electron chi connectivity index (χ0n) is 21.9. The summed E-state index contributed by atoms with van der Waals surface area (Å²) in [5.41, 5.74) is -2.08. The number of amides is 1. The number of aliphatic hydroxyl groups is 1. The third-order valence-corrected chi connectivity index (χ3v) is 7.42. The van der Waals surface area contributed by atoms with Crippen molar-refractivity contribution in [3.8, 4) is 12.1 Å². The number of nitrogens with zero attached hydrogens (tertiary/aromatic N) is 8. The summed E-state index contributed by atoms with van der Waals surface area (Å²) >= 11 is 6.78. The average molecular weight is 589 g/mol. The fourth-order valence-corrected chi connectivity index (χ4v) is 4.80. The molecule has 1 aliphatic heterocycles. The van der Waals surface area contributed by atoms with Gasteiger partial charge in [0.05, 0.1) is 34.2 Å². The minimum absolute atomic E-state index is 0.0914. The normalized spacial score (nSPS) is 18.9. The number of hydrogen-bond donors (Lipinski definition) is 3. The van der Waals surface area contributed by atoms with E-state index in [1.54, 1.807) is 17.9 Å². The van der Waals surface area contributed by atoms with E-state index in [0.29, 0.717) is 18.6 Å². The van der Waals surface area contributed by atoms with E-state index < -0.39 is 23.7 Å². The number of benzene rings is 1. The molecular formula is C25H24ClF3N10O2. The summed E-state index contributed by atoms with van der Waals surface area (Å²) < 4.78 is 41.1. The summed E-state index contributed by atoms with van der Waals surface area (Å²) in [6.45, 7) is 1.99. The van der Waals surface area contributed by atoms with E-state index in [1.807, 2.05) is 6.07 Å². The van der Waals surface area contributed by atoms with Gasteiger partial charge >= 0.3 is 6.18 Å². The molecule has 12 nitrogen and oxygen atoms in total. The number of nitriles is 2. The molecule has 3 heterocycles. The number of anilines is 4. The number of rotatable bonds is 6. The number of nitrogens with one attached hydrogen (secondary N) is 2. The maximum atomic E-state index is 13.2. The molecule has 0 unspecified atom stereocenters. The summed E-state index contributed by atoms with van der Waals surface area (Å²) in [5.74, 6) is -0.965. The average Bonchev–Trinajstić information content (AvgIpc) is 3.64. The van der Waals surface area contributed by atoms with E-state index >= 15 is 0 Å². The lowest BCUT2D eigenvalue weighted by atomic mass is 10.0. The van der Waals surface area contributed by atoms with E-state index in [-0.39, 0.29) is 59.1 Å². The number of alkyl halides is 3. The smallest absolute Gasteiger partial charge is 0.373 e. The number of piperazine rings is 1. The minimum Gasteiger partial charge on any atom is -0.373 e. The van der Waals surface area contributed by atoms with Crippen molar-refractivity contribution < 1.29 is 23.1 Å². The van der Waals surface area contributed by atoms with Gasteiger partial charge in [-0.05, 0) is 38.8 Å². The molecule has 2 fully saturated rings. The Hall–Kier alpha value is -4.34. The van der Waals surface area contributed by atoms with Crippen LogP contribution >= 0.6 is 11.6 Å². The molecule has 1 aromatic carbocycles. The highest BCUT2D eigenvalue weighted by molar-refractivity contribution is 6.36. The molecule has 3 aromatic rings. The number of carbonyl (C=O) groups is 1. The molecule has 0 radical (unpaired) electrons. The second-order valence-corrected chi connectivity index (χ2v) is 10.5. The first-order chi connectivity index (χ1) is 19.3. The first-order valence-electron chi connectivity index (χ1n) is 12.6. The second-order valence-electron chi connectivity index (χ2n) is 10.2. The van der Waals surface area contributed by atoms with Gasteiger partial charge in [-0.2, -0.15) is 43.3 Å². The predicted molar refractivity (Wildman–Crippen MR) is 142 cm³/mol. The molecule has 41 heavy (non-hydrogen) atoms. The highest BCUT2D eigenvalue weighted by Crippen LogP contribution is 2.38. The fourth-order valence-electron chi connectivity index (χ4n) is 4.54. The van der Waals surface area contributed by atoms with Gasteiger partial charge in [-0.1, -0.05) is 11.6 Å². The van der Waals surface area contributed by atoms with Crippen LogP contribution in [0.2, 0.25) is 5.02 Å². The topological polar surface area (TPSA) is 158 Å². The number of halogens is 4. The highest BCUT2D eigenvalue weighted by Gasteiger charge is 2.57. The Labute approximate surface area is 236 Å². The van der Waals surface area contributed by atoms with Gasteiger partial charge in [0.1, 0.15) is 11.6 Å². The van der Waals surface area contributed by atoms with Gasteiger partial charge in [0.25, 0.3) is 5.91 Å². The van der Waals surface area contributed by atoms with E-state index in [0.717, 1.165) is 17.7 Å². The van der Waals surface area contributed by atoms with Crippen molar-refractivity contribution in [2.24, 2.45) is 0 Å². The summed E-state index contributed by atoms with van der Waals surface area (Å²) in [5, 5.41) is 39.7. The van der Waals surface area contributed by atoms with Crippen molar-refractivity contribution in [2.75, 3.05) is 35.2 Å². The zero-order valence-corrected chi connectivity index (χ0v) is 22.6. The highest BCUT2D eigenvalue weighted by atomic mass is 35.5. The molecule has 1 aliphatic carbocycles. The van der Waals surface area contributed by atoms with E-state index in [1.165, 1.54) is 16.8 Å². The Balaban J connectivity index is 1.44. The van der Waals surface area contributed by atoms with Crippen molar-refractivity contribution in [1.29, 1.82) is 10.5 Å². The van der Waals surface area contributed by atoms with Crippen LogP contribution in [-0.2, 0) is 4.79 Å². The molecule has 2 aliphatic rings. The van der Waals surface area contributed by atoms with Crippen LogP contribution < -0.4 is 15.5 Å². The summed E-state index contributed by atoms with van der Waals surface area (Å²) in [6.07, 6.45) is -1.82. The predicted octanol–water partition coefficient (Wildman–Crippen LogP) is 3.19. The van der Waals surface area contributed by atoms with Crippen LogP contribution in [0.25, 0.3) is 5.65 Å². The van der Waals surface area contributed by atoms with Crippen LogP contribution in [0.1, 0.15) is 37.8 Å². The fraction of sp³-hybridized carbons (Fsp3) is 0.440. The standard InChI is InChI=1S/C25H24ClF3N10O2/c1-13-12-37(21(40)24(2,41)25(27,28)29)5-6-38(13)18-8-14(9-30)7-17(19(18)26)34-22-35-20-15(10-31)11-32-39(20)23(36-22)33-16-3-4-16/h7-8,11,13,16,41H,3-6,12H2,1-2H3,(H2,33,34,35,36)/t13-,24-/m0/s1. The monoisotopic (exact) mass is 588 g/mol. The van der Waals surface area contributed by atoms with E-state index in [2.05, 4.69) is 31.8 Å². The van der Waals surface area contributed by atoms with Crippen LogP contribution in [0.4, 0.5) is 36.4 Å². The van der Waals surface area contributed by atoms with Gasteiger partial charge in [-0.3, -0.25) is 4.79 Å². The maximum Gasteiger partial charge on any atom is 0.426 e. The van der Waals surface area contributed by atoms with Crippen LogP contribution in [0.5, 0.6) is 0 Å². The van der Waals surface area contributed by atoms with Gasteiger partial charge in [0.15, 0.2) is 5.65 Å². The molecule has 1 saturated heterocycles. The van der Waals surface area contributed by atoms with Gasteiger partial charge in [-0.25, -0.2) is 0 Å². The molecule has 0 bridgehead atoms. The number of hydrogen-bond acceptors (Lipinski definition) is 10. The minimum atomic E-state index is -5.13. The van der Waals surface area contributed by atoms with Crippen molar-refractivity contribution in [3.63, 3.8) is 0 Å². The zero-order chi connectivity index (χ0) is 29.7. The SMILES string of the molecule is C[C@H]1CN(C(=O)[C@](C)(O)C(F)(F)F)CCN1c1cc(C#N)cc(Nc2nc(NC3CC3)n3ncc(C#N)c3n2)c1Cl. The van der Waals surface area contributed by atoms with E-state index in [9.17, 15) is 33.6 Å². The maximum absolute atomic E-state index is 13.2. The first-order valence-corrected chi connectivity index (χ1v) is 13.0. The third kappa shape index (κ3) is 5.26. The number of fused-ring (bicyclic) bond motifs is 1. The van der Waals surface area contributed by atoms with Crippen molar-refractivity contribution in [3.05, 3.63) is 34.5 Å². The third-order valence-electron chi connectivity index (χ3n) is 7.02. The summed E-state index contributed by atoms with van der Waals surface area (Å²) in [7, 11) is 0. The lowest BCUT2D eigenvalue weighted by Crippen LogP contribution is -2.62. The van der Waals surface area contributed by atoms with Gasteiger partial charge in [-0.15, -0.1) is 0 Å². The molecule has 0 spiro atoms. The molecule has 2 atom stereocenters. The molecule has 5 rings (SSSR count). The van der Waals surface area contributed by atoms with Crippen molar-refractivity contribution >= 4 is 46.4 Å². The molecule has 214 valence electrons. The molecule has 1 amide bonds. The Morgan fingerprint density at radius 1 is 1.20 bits per heavy atom. The summed E-state index contributed by atoms with van der Waals surface area (Å²) in [4.78, 5) is 24.2. The number of carbonyl (C=O) groups excluding carboxylic acids is 1. The quantitative estimate of drug-likeness (QED) is 0.390. The van der Waals surface area contributed by atoms with Crippen LogP contribution in [-0.4, -0.2) is 79.0 Å². The lowest BCUT2D eigenvalue weighted by Gasteiger charge is -2.43. The Kier molecular flexibility index (Phi) is 7.05. The second kappa shape index (κ2) is 10.2. The lowest BCUT2D eigenvalue weighted by molar-refractivity contribution is -0.250.